The second-order valence-electron chi connectivity index (χ2n) is 2.69. The number of amides is 1. The monoisotopic (exact) mass is 173 g/mol. The molecule has 0 aromatic heterocycles. The summed E-state index contributed by atoms with van der Waals surface area (Å²) >= 11 is 0. The van der Waals surface area contributed by atoms with Gasteiger partial charge in [-0.25, -0.2) is 13.1 Å². The third-order valence-corrected chi connectivity index (χ3v) is 3.55. The highest BCUT2D eigenvalue weighted by Gasteiger charge is 2.37. The fraction of sp³-hybridized carbons (Fsp3) is 0.500. The summed E-state index contributed by atoms with van der Waals surface area (Å²) < 4.78 is 24.1. The topological polar surface area (TPSA) is 63.2 Å². The molecule has 0 aromatic carbocycles. The molecular formula is C6H7NO3S. The minimum atomic E-state index is -3.39. The maximum atomic E-state index is 11.1. The fourth-order valence-corrected chi connectivity index (χ4v) is 2.92. The number of allylic oxidation sites excluding steroid dienone is 1. The van der Waals surface area contributed by atoms with Crippen LogP contribution < -0.4 is 4.72 Å². The van der Waals surface area contributed by atoms with Crippen LogP contribution in [0.15, 0.2) is 10.5 Å². The van der Waals surface area contributed by atoms with Gasteiger partial charge in [-0.05, 0) is 19.3 Å². The van der Waals surface area contributed by atoms with E-state index >= 15 is 0 Å². The Bertz CT molecular complexity index is 352. The van der Waals surface area contributed by atoms with Gasteiger partial charge in [0, 0.05) is 5.57 Å². The summed E-state index contributed by atoms with van der Waals surface area (Å²) in [6.07, 6.45) is 1.92. The van der Waals surface area contributed by atoms with E-state index in [9.17, 15) is 13.2 Å². The lowest BCUT2D eigenvalue weighted by atomic mass is 10.2. The highest BCUT2D eigenvalue weighted by atomic mass is 32.2. The lowest BCUT2D eigenvalue weighted by Crippen LogP contribution is -2.24. The molecule has 0 saturated heterocycles. The average molecular weight is 173 g/mol. The Balaban J connectivity index is 2.61. The predicted molar refractivity (Wildman–Crippen MR) is 37.9 cm³/mol. The van der Waals surface area contributed by atoms with Gasteiger partial charge in [-0.2, -0.15) is 0 Å². The highest BCUT2D eigenvalue weighted by molar-refractivity contribution is 7.94. The summed E-state index contributed by atoms with van der Waals surface area (Å²) in [7, 11) is -3.39. The largest absolute Gasteiger partial charge is 0.269 e. The third-order valence-electron chi connectivity index (χ3n) is 1.99. The van der Waals surface area contributed by atoms with Gasteiger partial charge in [0.1, 0.15) is 0 Å². The van der Waals surface area contributed by atoms with Crippen LogP contribution in [0.25, 0.3) is 0 Å². The van der Waals surface area contributed by atoms with E-state index in [0.29, 0.717) is 23.3 Å². The first-order chi connectivity index (χ1) is 5.11. The highest BCUT2D eigenvalue weighted by Crippen LogP contribution is 2.33. The Labute approximate surface area is 64.3 Å². The smallest absolute Gasteiger partial charge is 0.261 e. The van der Waals surface area contributed by atoms with Crippen LogP contribution in [-0.4, -0.2) is 14.3 Å². The second kappa shape index (κ2) is 1.85. The molecule has 0 fully saturated rings. The van der Waals surface area contributed by atoms with Crippen molar-refractivity contribution in [1.82, 2.24) is 4.72 Å². The second-order valence-corrected chi connectivity index (χ2v) is 4.39. The molecule has 2 rings (SSSR count). The van der Waals surface area contributed by atoms with Crippen molar-refractivity contribution >= 4 is 15.9 Å². The van der Waals surface area contributed by atoms with Crippen molar-refractivity contribution in [2.24, 2.45) is 0 Å². The summed E-state index contributed by atoms with van der Waals surface area (Å²) in [6, 6.07) is 0. The van der Waals surface area contributed by atoms with Crippen molar-refractivity contribution in [2.75, 3.05) is 0 Å². The van der Waals surface area contributed by atoms with Crippen LogP contribution in [0, 0.1) is 0 Å². The first kappa shape index (κ1) is 6.84. The van der Waals surface area contributed by atoms with E-state index in [1.54, 1.807) is 0 Å². The van der Waals surface area contributed by atoms with Gasteiger partial charge in [0.2, 0.25) is 0 Å². The van der Waals surface area contributed by atoms with Gasteiger partial charge in [0.25, 0.3) is 15.9 Å². The van der Waals surface area contributed by atoms with Gasteiger partial charge >= 0.3 is 0 Å². The molecule has 0 aromatic rings. The molecule has 11 heavy (non-hydrogen) atoms. The zero-order valence-electron chi connectivity index (χ0n) is 5.75. The summed E-state index contributed by atoms with van der Waals surface area (Å²) in [6.45, 7) is 0. The van der Waals surface area contributed by atoms with Crippen molar-refractivity contribution in [2.45, 2.75) is 19.3 Å². The molecule has 0 atom stereocenters. The molecule has 0 bridgehead atoms. The average Bonchev–Trinajstić information content (AvgIpc) is 2.37. The molecule has 0 spiro atoms. The van der Waals surface area contributed by atoms with Gasteiger partial charge in [-0.15, -0.1) is 0 Å². The minimum absolute atomic E-state index is 0.322. The number of carbonyl (C=O) groups excluding carboxylic acids is 1. The summed E-state index contributed by atoms with van der Waals surface area (Å²) in [4.78, 5) is 11.2. The van der Waals surface area contributed by atoms with E-state index in [0.717, 1.165) is 6.42 Å². The summed E-state index contributed by atoms with van der Waals surface area (Å²) in [5.74, 6) is -0.419. The van der Waals surface area contributed by atoms with Gasteiger partial charge in [-0.1, -0.05) is 0 Å². The van der Waals surface area contributed by atoms with Gasteiger partial charge in [-0.3, -0.25) is 4.79 Å². The van der Waals surface area contributed by atoms with E-state index in [4.69, 9.17) is 0 Å². The van der Waals surface area contributed by atoms with Crippen LogP contribution in [-0.2, 0) is 14.8 Å². The SMILES string of the molecule is O=C1NS(=O)(=O)C2=C1CCC2. The van der Waals surface area contributed by atoms with Crippen molar-refractivity contribution in [3.05, 3.63) is 10.5 Å². The van der Waals surface area contributed by atoms with E-state index in [1.165, 1.54) is 0 Å². The molecule has 0 saturated carbocycles. The predicted octanol–water partition coefficient (Wildman–Crippen LogP) is -0.116. The summed E-state index contributed by atoms with van der Waals surface area (Å²) in [5.41, 5.74) is 0.477. The molecule has 5 heteroatoms. The maximum Gasteiger partial charge on any atom is 0.261 e. The Hall–Kier alpha value is -0.840. The first-order valence-electron chi connectivity index (χ1n) is 3.40. The molecule has 4 nitrogen and oxygen atoms in total. The van der Waals surface area contributed by atoms with Crippen LogP contribution in [0.1, 0.15) is 19.3 Å². The van der Waals surface area contributed by atoms with Crippen LogP contribution in [0.5, 0.6) is 0 Å². The number of hydrogen-bond acceptors (Lipinski definition) is 3. The lowest BCUT2D eigenvalue weighted by Gasteiger charge is -1.97. The normalized spacial score (nSPS) is 27.1. The number of carbonyl (C=O) groups is 1. The van der Waals surface area contributed by atoms with E-state index in [2.05, 4.69) is 0 Å². The van der Waals surface area contributed by atoms with Crippen molar-refractivity contribution < 1.29 is 13.2 Å². The van der Waals surface area contributed by atoms with Crippen molar-refractivity contribution in [1.29, 1.82) is 0 Å². The number of hydrogen-bond donors (Lipinski definition) is 1. The quantitative estimate of drug-likeness (QED) is 0.555. The molecule has 1 aliphatic carbocycles. The molecule has 0 unspecified atom stereocenters. The minimum Gasteiger partial charge on any atom is -0.269 e. The number of sulfonamides is 1. The van der Waals surface area contributed by atoms with E-state index in [1.807, 2.05) is 4.72 Å². The Morgan fingerprint density at radius 3 is 2.64 bits per heavy atom. The van der Waals surface area contributed by atoms with Crippen LogP contribution in [0.3, 0.4) is 0 Å². The molecule has 2 aliphatic rings. The molecule has 1 N–H and O–H groups in total. The van der Waals surface area contributed by atoms with E-state index < -0.39 is 15.9 Å². The summed E-state index contributed by atoms with van der Waals surface area (Å²) in [5, 5.41) is 0. The molecule has 1 heterocycles. The van der Waals surface area contributed by atoms with Crippen LogP contribution >= 0.6 is 0 Å². The van der Waals surface area contributed by atoms with Crippen LogP contribution in [0.2, 0.25) is 0 Å². The Morgan fingerprint density at radius 2 is 2.00 bits per heavy atom. The maximum absolute atomic E-state index is 11.1. The zero-order chi connectivity index (χ0) is 8.06. The van der Waals surface area contributed by atoms with Crippen molar-refractivity contribution in [3.8, 4) is 0 Å². The van der Waals surface area contributed by atoms with Gasteiger partial charge in [0.15, 0.2) is 0 Å². The van der Waals surface area contributed by atoms with Gasteiger partial charge < -0.3 is 0 Å². The first-order valence-corrected chi connectivity index (χ1v) is 4.89. The van der Waals surface area contributed by atoms with E-state index in [-0.39, 0.29) is 0 Å². The standard InChI is InChI=1S/C6H7NO3S/c8-6-4-2-1-3-5(4)11(9,10)7-6/h1-3H2,(H,7,8). The van der Waals surface area contributed by atoms with Crippen molar-refractivity contribution in [3.63, 3.8) is 0 Å². The molecule has 1 aliphatic heterocycles. The third kappa shape index (κ3) is 0.805. The Morgan fingerprint density at radius 1 is 1.27 bits per heavy atom. The number of rotatable bonds is 0. The zero-order valence-corrected chi connectivity index (χ0v) is 6.57. The molecular weight excluding hydrogens is 166 g/mol. The molecule has 1 amide bonds. The number of nitrogens with one attached hydrogen (secondary N) is 1. The fourth-order valence-electron chi connectivity index (χ4n) is 1.50. The lowest BCUT2D eigenvalue weighted by molar-refractivity contribution is -0.115. The Kier molecular flexibility index (Phi) is 1.15. The van der Waals surface area contributed by atoms with Gasteiger partial charge in [0.05, 0.1) is 4.91 Å². The molecule has 60 valence electrons. The van der Waals surface area contributed by atoms with Crippen LogP contribution in [0.4, 0.5) is 0 Å². The molecule has 0 radical (unpaired) electrons.